The number of thioether (sulfide) groups is 1. The third-order valence-electron chi connectivity index (χ3n) is 3.41. The van der Waals surface area contributed by atoms with Gasteiger partial charge in [0.05, 0.1) is 5.56 Å². The number of H-pyrrole nitrogens is 1. The van der Waals surface area contributed by atoms with Crippen molar-refractivity contribution in [2.45, 2.75) is 17.3 Å². The van der Waals surface area contributed by atoms with Gasteiger partial charge in [-0.3, -0.25) is 4.79 Å². The zero-order chi connectivity index (χ0) is 16.1. The molecule has 0 unspecified atom stereocenters. The van der Waals surface area contributed by atoms with E-state index in [0.717, 1.165) is 11.1 Å². The number of aromatic hydroxyl groups is 1. The van der Waals surface area contributed by atoms with Crippen LogP contribution in [0.5, 0.6) is 5.88 Å². The van der Waals surface area contributed by atoms with Gasteiger partial charge in [-0.05, 0) is 11.1 Å². The first-order valence-corrected chi connectivity index (χ1v) is 8.24. The molecule has 0 spiro atoms. The van der Waals surface area contributed by atoms with E-state index in [1.54, 1.807) is 0 Å². The van der Waals surface area contributed by atoms with Gasteiger partial charge in [-0.2, -0.15) is 4.98 Å². The van der Waals surface area contributed by atoms with Crippen LogP contribution in [-0.2, 0) is 12.2 Å². The summed E-state index contributed by atoms with van der Waals surface area (Å²) in [5.41, 5.74) is 2.09. The Hall–Kier alpha value is -2.53. The lowest BCUT2D eigenvalue weighted by atomic mass is 10.1. The summed E-state index contributed by atoms with van der Waals surface area (Å²) in [7, 11) is 0. The van der Waals surface area contributed by atoms with Crippen molar-refractivity contribution in [1.29, 1.82) is 0 Å². The minimum Gasteiger partial charge on any atom is -0.493 e. The standard InChI is InChI=1S/C18H16N2O2S/c21-16-15(11-13-7-3-1-4-8-13)17(22)20-18(19-16)23-12-14-9-5-2-6-10-14/h1-10H,11-12H2,(H2,19,20,21,22). The molecule has 2 aromatic carbocycles. The van der Waals surface area contributed by atoms with Crippen LogP contribution in [-0.4, -0.2) is 15.1 Å². The number of benzene rings is 2. The largest absolute Gasteiger partial charge is 0.493 e. The molecule has 0 saturated heterocycles. The molecule has 23 heavy (non-hydrogen) atoms. The normalized spacial score (nSPS) is 10.6. The Morgan fingerprint density at radius 1 is 0.957 bits per heavy atom. The van der Waals surface area contributed by atoms with Gasteiger partial charge in [0.2, 0.25) is 5.88 Å². The summed E-state index contributed by atoms with van der Waals surface area (Å²) in [6.07, 6.45) is 0.360. The van der Waals surface area contributed by atoms with E-state index in [2.05, 4.69) is 9.97 Å². The van der Waals surface area contributed by atoms with Crippen molar-refractivity contribution in [3.05, 3.63) is 87.7 Å². The van der Waals surface area contributed by atoms with Gasteiger partial charge in [-0.25, -0.2) is 0 Å². The zero-order valence-corrected chi connectivity index (χ0v) is 13.2. The lowest BCUT2D eigenvalue weighted by Crippen LogP contribution is -2.15. The highest BCUT2D eigenvalue weighted by Gasteiger charge is 2.11. The van der Waals surface area contributed by atoms with Crippen molar-refractivity contribution < 1.29 is 5.11 Å². The predicted molar refractivity (Wildman–Crippen MR) is 91.8 cm³/mol. The molecule has 0 bridgehead atoms. The maximum atomic E-state index is 12.2. The summed E-state index contributed by atoms with van der Waals surface area (Å²) < 4.78 is 0. The van der Waals surface area contributed by atoms with Crippen LogP contribution >= 0.6 is 11.8 Å². The average Bonchev–Trinajstić information content (AvgIpc) is 2.58. The summed E-state index contributed by atoms with van der Waals surface area (Å²) in [6, 6.07) is 19.4. The van der Waals surface area contributed by atoms with Gasteiger partial charge in [-0.15, -0.1) is 0 Å². The number of nitrogens with zero attached hydrogens (tertiary/aromatic N) is 1. The fraction of sp³-hybridized carbons (Fsp3) is 0.111. The number of hydrogen-bond acceptors (Lipinski definition) is 4. The van der Waals surface area contributed by atoms with Gasteiger partial charge >= 0.3 is 0 Å². The Morgan fingerprint density at radius 2 is 1.57 bits per heavy atom. The number of aromatic nitrogens is 2. The Labute approximate surface area is 138 Å². The van der Waals surface area contributed by atoms with Gasteiger partial charge in [0.15, 0.2) is 5.16 Å². The van der Waals surface area contributed by atoms with Crippen LogP contribution in [0, 0.1) is 0 Å². The summed E-state index contributed by atoms with van der Waals surface area (Å²) >= 11 is 1.39. The monoisotopic (exact) mass is 324 g/mol. The average molecular weight is 324 g/mol. The van der Waals surface area contributed by atoms with Crippen molar-refractivity contribution in [2.24, 2.45) is 0 Å². The molecule has 3 rings (SSSR count). The molecule has 0 aliphatic heterocycles. The van der Waals surface area contributed by atoms with Gasteiger partial charge < -0.3 is 10.1 Å². The van der Waals surface area contributed by atoms with Gasteiger partial charge in [0, 0.05) is 12.2 Å². The van der Waals surface area contributed by atoms with Crippen LogP contribution in [0.1, 0.15) is 16.7 Å². The second-order valence-electron chi connectivity index (χ2n) is 5.11. The SMILES string of the molecule is O=c1[nH]c(SCc2ccccc2)nc(O)c1Cc1ccccc1. The second kappa shape index (κ2) is 7.15. The molecular weight excluding hydrogens is 308 g/mol. The topological polar surface area (TPSA) is 66.0 Å². The molecule has 116 valence electrons. The molecule has 4 nitrogen and oxygen atoms in total. The highest BCUT2D eigenvalue weighted by Crippen LogP contribution is 2.21. The molecule has 2 N–H and O–H groups in total. The molecule has 1 aromatic heterocycles. The number of hydrogen-bond donors (Lipinski definition) is 2. The predicted octanol–water partition coefficient (Wildman–Crippen LogP) is 3.36. The summed E-state index contributed by atoms with van der Waals surface area (Å²) in [4.78, 5) is 19.1. The van der Waals surface area contributed by atoms with Crippen molar-refractivity contribution >= 4 is 11.8 Å². The molecule has 5 heteroatoms. The van der Waals surface area contributed by atoms with Crippen LogP contribution in [0.3, 0.4) is 0 Å². The van der Waals surface area contributed by atoms with E-state index in [4.69, 9.17) is 0 Å². The van der Waals surface area contributed by atoms with E-state index in [1.165, 1.54) is 11.8 Å². The van der Waals surface area contributed by atoms with Crippen LogP contribution in [0.15, 0.2) is 70.6 Å². The van der Waals surface area contributed by atoms with E-state index in [-0.39, 0.29) is 11.4 Å². The van der Waals surface area contributed by atoms with Crippen LogP contribution in [0.2, 0.25) is 0 Å². The molecule has 0 aliphatic carbocycles. The smallest absolute Gasteiger partial charge is 0.258 e. The van der Waals surface area contributed by atoms with E-state index < -0.39 is 0 Å². The molecule has 0 fully saturated rings. The van der Waals surface area contributed by atoms with Gasteiger partial charge in [-0.1, -0.05) is 72.4 Å². The number of rotatable bonds is 5. The molecular formula is C18H16N2O2S. The zero-order valence-electron chi connectivity index (χ0n) is 12.4. The number of aromatic amines is 1. The lowest BCUT2D eigenvalue weighted by molar-refractivity contribution is 0.437. The van der Waals surface area contributed by atoms with Gasteiger partial charge in [0.25, 0.3) is 5.56 Å². The van der Waals surface area contributed by atoms with Crippen molar-refractivity contribution in [2.75, 3.05) is 0 Å². The minimum absolute atomic E-state index is 0.201. The first-order valence-electron chi connectivity index (χ1n) is 7.25. The fourth-order valence-corrected chi connectivity index (χ4v) is 3.03. The van der Waals surface area contributed by atoms with Crippen LogP contribution in [0.25, 0.3) is 0 Å². The molecule has 0 radical (unpaired) electrons. The summed E-state index contributed by atoms with van der Waals surface area (Å²) in [6.45, 7) is 0. The highest BCUT2D eigenvalue weighted by atomic mass is 32.2. The Morgan fingerprint density at radius 3 is 2.17 bits per heavy atom. The maximum Gasteiger partial charge on any atom is 0.258 e. The summed E-state index contributed by atoms with van der Waals surface area (Å²) in [5.74, 6) is 0.481. The van der Waals surface area contributed by atoms with Crippen LogP contribution in [0.4, 0.5) is 0 Å². The first kappa shape index (κ1) is 15.4. The fourth-order valence-electron chi connectivity index (χ4n) is 2.22. The Balaban J connectivity index is 1.76. The Bertz CT molecular complexity index is 833. The van der Waals surface area contributed by atoms with E-state index in [1.807, 2.05) is 60.7 Å². The van der Waals surface area contributed by atoms with Gasteiger partial charge in [0.1, 0.15) is 0 Å². The lowest BCUT2D eigenvalue weighted by Gasteiger charge is -2.06. The van der Waals surface area contributed by atoms with Crippen molar-refractivity contribution in [3.63, 3.8) is 0 Å². The second-order valence-corrected chi connectivity index (χ2v) is 6.07. The van der Waals surface area contributed by atoms with Crippen molar-refractivity contribution in [1.82, 2.24) is 9.97 Å². The molecule has 0 atom stereocenters. The van der Waals surface area contributed by atoms with E-state index in [9.17, 15) is 9.90 Å². The van der Waals surface area contributed by atoms with Crippen molar-refractivity contribution in [3.8, 4) is 5.88 Å². The van der Waals surface area contributed by atoms with E-state index >= 15 is 0 Å². The van der Waals surface area contributed by atoms with Crippen LogP contribution < -0.4 is 5.56 Å². The molecule has 0 saturated carbocycles. The molecule has 0 amide bonds. The third kappa shape index (κ3) is 4.02. The van der Waals surface area contributed by atoms with E-state index in [0.29, 0.717) is 22.9 Å². The molecule has 3 aromatic rings. The quantitative estimate of drug-likeness (QED) is 0.558. The summed E-state index contributed by atoms with van der Waals surface area (Å²) in [5, 5.41) is 10.5. The maximum absolute atomic E-state index is 12.2. The third-order valence-corrected chi connectivity index (χ3v) is 4.36. The molecule has 0 aliphatic rings. The number of nitrogens with one attached hydrogen (secondary N) is 1. The highest BCUT2D eigenvalue weighted by molar-refractivity contribution is 7.98. The molecule has 1 heterocycles. The minimum atomic E-state index is -0.295. The Kier molecular flexibility index (Phi) is 4.78. The first-order chi connectivity index (χ1) is 11.2.